The van der Waals surface area contributed by atoms with Crippen LogP contribution >= 0.6 is 0 Å². The first-order valence-corrected chi connectivity index (χ1v) is 2.40. The Kier molecular flexibility index (Phi) is 27.7. The molecule has 1 rings (SSSR count). The van der Waals surface area contributed by atoms with Crippen molar-refractivity contribution in [3.63, 3.8) is 0 Å². The van der Waals surface area contributed by atoms with Crippen LogP contribution in [0.1, 0.15) is 6.42 Å². The summed E-state index contributed by atoms with van der Waals surface area (Å²) in [5.74, 6) is 0. The quantitative estimate of drug-likeness (QED) is 0.390. The number of rotatable bonds is 0. The first kappa shape index (κ1) is 22.7. The molecule has 0 amide bonds. The van der Waals surface area contributed by atoms with Crippen LogP contribution < -0.4 is 37.2 Å². The van der Waals surface area contributed by atoms with Gasteiger partial charge < -0.3 is 37.2 Å². The van der Waals surface area contributed by atoms with Crippen molar-refractivity contribution in [3.8, 4) is 0 Å². The summed E-state index contributed by atoms with van der Waals surface area (Å²) in [5, 5.41) is 0. The zero-order valence-corrected chi connectivity index (χ0v) is 11.0. The number of halogens is 3. The SMILES string of the molecule is C=C1C=CC=CC1.[Cl-].[Cl-].[Cl-].[Sn]. The third-order valence-corrected chi connectivity index (χ3v) is 0.959. The van der Waals surface area contributed by atoms with Gasteiger partial charge in [0.1, 0.15) is 0 Å². The van der Waals surface area contributed by atoms with E-state index in [0.717, 1.165) is 6.42 Å². The summed E-state index contributed by atoms with van der Waals surface area (Å²) in [6.45, 7) is 3.78. The van der Waals surface area contributed by atoms with Gasteiger partial charge in [-0.15, -0.1) is 0 Å². The van der Waals surface area contributed by atoms with Gasteiger partial charge in [0.2, 0.25) is 0 Å². The first-order chi connectivity index (χ1) is 3.39. The van der Waals surface area contributed by atoms with Crippen LogP contribution in [0.15, 0.2) is 36.5 Å². The molecular weight excluding hydrogens is 309 g/mol. The van der Waals surface area contributed by atoms with Crippen LogP contribution in [0.25, 0.3) is 0 Å². The normalized spacial score (nSPS) is 11.5. The van der Waals surface area contributed by atoms with Crippen LogP contribution in [0.3, 0.4) is 0 Å². The smallest absolute Gasteiger partial charge is 0 e. The molecule has 0 unspecified atom stereocenters. The predicted octanol–water partition coefficient (Wildman–Crippen LogP) is -7.31. The van der Waals surface area contributed by atoms with Gasteiger partial charge in [-0.3, -0.25) is 0 Å². The Morgan fingerprint density at radius 2 is 1.64 bits per heavy atom. The Bertz CT molecular complexity index is 141. The second-order valence-corrected chi connectivity index (χ2v) is 1.65. The maximum absolute atomic E-state index is 3.78. The van der Waals surface area contributed by atoms with Crippen molar-refractivity contribution >= 4 is 23.9 Å². The molecule has 0 N–H and O–H groups in total. The Hall–Kier alpha value is 0.889. The molecule has 0 saturated carbocycles. The van der Waals surface area contributed by atoms with Crippen LogP contribution in [0.2, 0.25) is 0 Å². The van der Waals surface area contributed by atoms with Crippen LogP contribution in [-0.2, 0) is 0 Å². The van der Waals surface area contributed by atoms with E-state index >= 15 is 0 Å². The van der Waals surface area contributed by atoms with Crippen LogP contribution in [0.5, 0.6) is 0 Å². The van der Waals surface area contributed by atoms with Gasteiger partial charge >= 0.3 is 0 Å². The van der Waals surface area contributed by atoms with Gasteiger partial charge in [-0.1, -0.05) is 36.5 Å². The van der Waals surface area contributed by atoms with E-state index < -0.39 is 0 Å². The Morgan fingerprint density at radius 3 is 1.82 bits per heavy atom. The zero-order chi connectivity index (χ0) is 5.11. The van der Waals surface area contributed by atoms with E-state index in [-0.39, 0.29) is 61.1 Å². The molecule has 0 fully saturated rings. The van der Waals surface area contributed by atoms with Gasteiger partial charge in [0.05, 0.1) is 0 Å². The predicted molar refractivity (Wildman–Crippen MR) is 37.8 cm³/mol. The molecular formula is C7H8Cl3Sn-3. The number of hydrogen-bond acceptors (Lipinski definition) is 0. The molecule has 1 aliphatic carbocycles. The fourth-order valence-electron chi connectivity index (χ4n) is 0.558. The summed E-state index contributed by atoms with van der Waals surface area (Å²) < 4.78 is 0. The van der Waals surface area contributed by atoms with E-state index in [0.29, 0.717) is 0 Å². The molecule has 0 aromatic carbocycles. The Balaban J connectivity index is -0.0000000612. The molecule has 0 nitrogen and oxygen atoms in total. The molecule has 0 atom stereocenters. The van der Waals surface area contributed by atoms with Crippen molar-refractivity contribution in [1.82, 2.24) is 0 Å². The zero-order valence-electron chi connectivity index (χ0n) is 5.86. The maximum Gasteiger partial charge on any atom is 0 e. The van der Waals surface area contributed by atoms with E-state index in [1.54, 1.807) is 0 Å². The maximum atomic E-state index is 3.78. The van der Waals surface area contributed by atoms with Gasteiger partial charge in [-0.2, -0.15) is 0 Å². The molecule has 1 aliphatic rings. The van der Waals surface area contributed by atoms with Crippen molar-refractivity contribution in [2.75, 3.05) is 0 Å². The Labute approximate surface area is 103 Å². The van der Waals surface area contributed by atoms with Gasteiger partial charge in [0.25, 0.3) is 0 Å². The first-order valence-electron chi connectivity index (χ1n) is 2.40. The third-order valence-electron chi connectivity index (χ3n) is 0.959. The minimum Gasteiger partial charge on any atom is -1.00 e. The van der Waals surface area contributed by atoms with Gasteiger partial charge in [-0.25, -0.2) is 0 Å². The van der Waals surface area contributed by atoms with Crippen molar-refractivity contribution in [3.05, 3.63) is 36.5 Å². The second-order valence-electron chi connectivity index (χ2n) is 1.65. The molecule has 0 aliphatic heterocycles. The molecule has 4 heteroatoms. The fraction of sp³-hybridized carbons (Fsp3) is 0.143. The monoisotopic (exact) mass is 317 g/mol. The van der Waals surface area contributed by atoms with E-state index in [1.165, 1.54) is 5.57 Å². The standard InChI is InChI=1S/C7H8.3ClH.Sn/c1-7-5-3-2-4-6-7;;;;/h2-5H,1,6H2;3*1H;/p-3. The number of hydrogen-bond donors (Lipinski definition) is 0. The average molecular weight is 317 g/mol. The van der Waals surface area contributed by atoms with Crippen molar-refractivity contribution in [2.45, 2.75) is 6.42 Å². The minimum atomic E-state index is 0. The molecule has 0 aromatic heterocycles. The van der Waals surface area contributed by atoms with E-state index in [9.17, 15) is 0 Å². The van der Waals surface area contributed by atoms with Crippen LogP contribution in [0, 0.1) is 0 Å². The van der Waals surface area contributed by atoms with Gasteiger partial charge in [-0.05, 0) is 6.42 Å². The van der Waals surface area contributed by atoms with Crippen LogP contribution in [0.4, 0.5) is 0 Å². The summed E-state index contributed by atoms with van der Waals surface area (Å²) in [4.78, 5) is 0. The van der Waals surface area contributed by atoms with Crippen molar-refractivity contribution in [2.24, 2.45) is 0 Å². The summed E-state index contributed by atoms with van der Waals surface area (Å²) >= 11 is 0. The van der Waals surface area contributed by atoms with Gasteiger partial charge in [0, 0.05) is 23.9 Å². The molecule has 0 aromatic rings. The summed E-state index contributed by atoms with van der Waals surface area (Å²) in [5.41, 5.74) is 1.20. The largest absolute Gasteiger partial charge is 1.00 e. The van der Waals surface area contributed by atoms with E-state index in [4.69, 9.17) is 0 Å². The topological polar surface area (TPSA) is 0 Å². The van der Waals surface area contributed by atoms with E-state index in [2.05, 4.69) is 12.7 Å². The number of allylic oxidation sites excluding steroid dienone is 5. The molecule has 0 bridgehead atoms. The fourth-order valence-corrected chi connectivity index (χ4v) is 0.558. The minimum absolute atomic E-state index is 0. The molecule has 0 saturated heterocycles. The van der Waals surface area contributed by atoms with Gasteiger partial charge in [0.15, 0.2) is 0 Å². The molecule has 64 valence electrons. The summed E-state index contributed by atoms with van der Waals surface area (Å²) in [6, 6.07) is 0. The second kappa shape index (κ2) is 13.5. The molecule has 11 heavy (non-hydrogen) atoms. The average Bonchev–Trinajstić information content (AvgIpc) is 1.69. The van der Waals surface area contributed by atoms with E-state index in [1.807, 2.05) is 18.2 Å². The molecule has 4 radical (unpaired) electrons. The van der Waals surface area contributed by atoms with Crippen molar-refractivity contribution < 1.29 is 37.2 Å². The Morgan fingerprint density at radius 1 is 1.09 bits per heavy atom. The van der Waals surface area contributed by atoms with Crippen LogP contribution in [-0.4, -0.2) is 23.9 Å². The third kappa shape index (κ3) is 10.9. The summed E-state index contributed by atoms with van der Waals surface area (Å²) in [6.07, 6.45) is 9.19. The molecule has 0 heterocycles. The molecule has 0 spiro atoms. The summed E-state index contributed by atoms with van der Waals surface area (Å²) in [7, 11) is 0. The van der Waals surface area contributed by atoms with Crippen molar-refractivity contribution in [1.29, 1.82) is 0 Å².